The third-order valence-corrected chi connectivity index (χ3v) is 3.29. The molecule has 0 spiro atoms. The summed E-state index contributed by atoms with van der Waals surface area (Å²) in [5, 5.41) is 0. The van der Waals surface area contributed by atoms with Gasteiger partial charge in [-0.15, -0.1) is 0 Å². The van der Waals surface area contributed by atoms with Crippen molar-refractivity contribution in [3.63, 3.8) is 0 Å². The van der Waals surface area contributed by atoms with E-state index in [1.807, 2.05) is 0 Å². The van der Waals surface area contributed by atoms with Gasteiger partial charge in [-0.2, -0.15) is 0 Å². The number of amides is 3. The lowest BCUT2D eigenvalue weighted by atomic mass is 10.2. The Morgan fingerprint density at radius 1 is 1.11 bits per heavy atom. The van der Waals surface area contributed by atoms with Crippen molar-refractivity contribution >= 4 is 17.7 Å². The van der Waals surface area contributed by atoms with Crippen LogP contribution in [-0.4, -0.2) is 60.4 Å². The molecule has 18 heavy (non-hydrogen) atoms. The zero-order valence-corrected chi connectivity index (χ0v) is 10.4. The number of hydrogen-bond donors (Lipinski definition) is 0. The summed E-state index contributed by atoms with van der Waals surface area (Å²) in [5.74, 6) is -0.143. The molecule has 0 aliphatic carbocycles. The van der Waals surface area contributed by atoms with Crippen LogP contribution in [0.5, 0.6) is 0 Å². The number of carbonyl (C=O) groups excluding carboxylic acids is 3. The lowest BCUT2D eigenvalue weighted by Crippen LogP contribution is -2.41. The zero-order valence-electron chi connectivity index (χ0n) is 10.4. The molecule has 2 aliphatic rings. The second-order valence-electron chi connectivity index (χ2n) is 4.54. The number of rotatable bonds is 4. The molecule has 0 aromatic rings. The van der Waals surface area contributed by atoms with Gasteiger partial charge < -0.3 is 9.64 Å². The highest BCUT2D eigenvalue weighted by atomic mass is 16.5. The van der Waals surface area contributed by atoms with Crippen LogP contribution in [0.1, 0.15) is 25.7 Å². The van der Waals surface area contributed by atoms with Gasteiger partial charge in [0.15, 0.2) is 0 Å². The Hall–Kier alpha value is -1.43. The lowest BCUT2D eigenvalue weighted by molar-refractivity contribution is -0.140. The third-order valence-electron chi connectivity index (χ3n) is 3.29. The van der Waals surface area contributed by atoms with Gasteiger partial charge in [0, 0.05) is 38.9 Å². The first-order valence-corrected chi connectivity index (χ1v) is 6.37. The van der Waals surface area contributed by atoms with Crippen molar-refractivity contribution in [2.24, 2.45) is 0 Å². The number of hydrogen-bond acceptors (Lipinski definition) is 4. The Labute approximate surface area is 106 Å². The molecule has 2 aliphatic heterocycles. The molecule has 3 amide bonds. The van der Waals surface area contributed by atoms with E-state index in [0.29, 0.717) is 58.5 Å². The fraction of sp³-hybridized carbons (Fsp3) is 0.750. The van der Waals surface area contributed by atoms with Crippen molar-refractivity contribution in [1.29, 1.82) is 0 Å². The minimum Gasteiger partial charge on any atom is -0.378 e. The first kappa shape index (κ1) is 13.0. The molecule has 0 unspecified atom stereocenters. The molecule has 100 valence electrons. The fourth-order valence-corrected chi connectivity index (χ4v) is 2.23. The largest absolute Gasteiger partial charge is 0.378 e. The van der Waals surface area contributed by atoms with Crippen molar-refractivity contribution in [2.75, 3.05) is 32.8 Å². The summed E-state index contributed by atoms with van der Waals surface area (Å²) in [6.45, 7) is 2.83. The van der Waals surface area contributed by atoms with Crippen LogP contribution in [0, 0.1) is 0 Å². The number of morpholine rings is 1. The van der Waals surface area contributed by atoms with Crippen LogP contribution in [0.2, 0.25) is 0 Å². The smallest absolute Gasteiger partial charge is 0.229 e. The van der Waals surface area contributed by atoms with Gasteiger partial charge in [0.25, 0.3) is 0 Å². The Kier molecular flexibility index (Phi) is 4.30. The van der Waals surface area contributed by atoms with Crippen LogP contribution in [0.3, 0.4) is 0 Å². The molecule has 0 N–H and O–H groups in total. The number of carbonyl (C=O) groups is 3. The summed E-state index contributed by atoms with van der Waals surface area (Å²) >= 11 is 0. The highest BCUT2D eigenvalue weighted by molar-refractivity contribution is 6.01. The monoisotopic (exact) mass is 254 g/mol. The van der Waals surface area contributed by atoms with Crippen molar-refractivity contribution in [2.45, 2.75) is 25.7 Å². The standard InChI is InChI=1S/C12H18N2O4/c15-10(13-6-8-18-9-7-13)2-1-5-14-11(16)3-4-12(14)17/h1-9H2. The van der Waals surface area contributed by atoms with Gasteiger partial charge in [-0.25, -0.2) is 0 Å². The molecular weight excluding hydrogens is 236 g/mol. The van der Waals surface area contributed by atoms with Crippen LogP contribution in [0.15, 0.2) is 0 Å². The maximum Gasteiger partial charge on any atom is 0.229 e. The molecule has 2 rings (SSSR count). The van der Waals surface area contributed by atoms with Gasteiger partial charge >= 0.3 is 0 Å². The van der Waals surface area contributed by atoms with Gasteiger partial charge in [-0.1, -0.05) is 0 Å². The van der Waals surface area contributed by atoms with Gasteiger partial charge in [0.2, 0.25) is 17.7 Å². The fourth-order valence-electron chi connectivity index (χ4n) is 2.23. The predicted octanol–water partition coefficient (Wildman–Crippen LogP) is -0.226. The maximum atomic E-state index is 11.8. The molecule has 6 nitrogen and oxygen atoms in total. The van der Waals surface area contributed by atoms with E-state index in [9.17, 15) is 14.4 Å². The summed E-state index contributed by atoms with van der Waals surface area (Å²) in [4.78, 5) is 37.6. The van der Waals surface area contributed by atoms with Crippen molar-refractivity contribution in [1.82, 2.24) is 9.80 Å². The van der Waals surface area contributed by atoms with Crippen LogP contribution in [-0.2, 0) is 19.1 Å². The molecule has 0 aromatic heterocycles. The summed E-state index contributed by atoms with van der Waals surface area (Å²) in [6, 6.07) is 0. The van der Waals surface area contributed by atoms with E-state index in [0.717, 1.165) is 0 Å². The summed E-state index contributed by atoms with van der Waals surface area (Å²) < 4.78 is 5.17. The molecule has 2 fully saturated rings. The number of ether oxygens (including phenoxy) is 1. The Balaban J connectivity index is 1.69. The zero-order chi connectivity index (χ0) is 13.0. The minimum atomic E-state index is -0.112. The summed E-state index contributed by atoms with van der Waals surface area (Å²) in [6.07, 6.45) is 1.57. The van der Waals surface area contributed by atoms with E-state index in [-0.39, 0.29) is 17.7 Å². The van der Waals surface area contributed by atoms with Gasteiger partial charge in [0.05, 0.1) is 13.2 Å². The predicted molar refractivity (Wildman–Crippen MR) is 62.6 cm³/mol. The number of nitrogens with zero attached hydrogens (tertiary/aromatic N) is 2. The molecule has 0 atom stereocenters. The number of imide groups is 1. The Bertz CT molecular complexity index is 334. The first-order chi connectivity index (χ1) is 8.68. The van der Waals surface area contributed by atoms with Crippen molar-refractivity contribution in [3.8, 4) is 0 Å². The average molecular weight is 254 g/mol. The first-order valence-electron chi connectivity index (χ1n) is 6.37. The topological polar surface area (TPSA) is 66.9 Å². The van der Waals surface area contributed by atoms with Gasteiger partial charge in [-0.3, -0.25) is 19.3 Å². The normalized spacial score (nSPS) is 20.7. The maximum absolute atomic E-state index is 11.8. The van der Waals surface area contributed by atoms with Gasteiger partial charge in [-0.05, 0) is 6.42 Å². The third kappa shape index (κ3) is 3.07. The summed E-state index contributed by atoms with van der Waals surface area (Å²) in [7, 11) is 0. The molecule has 2 saturated heterocycles. The molecule has 0 bridgehead atoms. The van der Waals surface area contributed by atoms with E-state index >= 15 is 0 Å². The second-order valence-corrected chi connectivity index (χ2v) is 4.54. The molecule has 2 heterocycles. The Morgan fingerprint density at radius 3 is 2.33 bits per heavy atom. The van der Waals surface area contributed by atoms with Gasteiger partial charge in [0.1, 0.15) is 0 Å². The SMILES string of the molecule is O=C(CCCN1C(=O)CCC1=O)N1CCOCC1. The quantitative estimate of drug-likeness (QED) is 0.650. The highest BCUT2D eigenvalue weighted by Gasteiger charge is 2.28. The second kappa shape index (κ2) is 5.95. The van der Waals surface area contributed by atoms with E-state index in [2.05, 4.69) is 0 Å². The molecule has 6 heteroatoms. The summed E-state index contributed by atoms with van der Waals surface area (Å²) in [5.41, 5.74) is 0. The van der Waals surface area contributed by atoms with Crippen molar-refractivity contribution < 1.29 is 19.1 Å². The molecular formula is C12H18N2O4. The van der Waals surface area contributed by atoms with Crippen molar-refractivity contribution in [3.05, 3.63) is 0 Å². The van der Waals surface area contributed by atoms with Crippen LogP contribution in [0.25, 0.3) is 0 Å². The van der Waals surface area contributed by atoms with Crippen LogP contribution >= 0.6 is 0 Å². The average Bonchev–Trinajstić information content (AvgIpc) is 2.71. The Morgan fingerprint density at radius 2 is 1.72 bits per heavy atom. The number of likely N-dealkylation sites (tertiary alicyclic amines) is 1. The minimum absolute atomic E-state index is 0.0809. The van der Waals surface area contributed by atoms with E-state index in [1.165, 1.54) is 4.90 Å². The molecule has 0 aromatic carbocycles. The molecule has 0 radical (unpaired) electrons. The van der Waals surface area contributed by atoms with Crippen LogP contribution < -0.4 is 0 Å². The van der Waals surface area contributed by atoms with E-state index < -0.39 is 0 Å². The highest BCUT2D eigenvalue weighted by Crippen LogP contribution is 2.13. The lowest BCUT2D eigenvalue weighted by Gasteiger charge is -2.27. The van der Waals surface area contributed by atoms with Crippen LogP contribution in [0.4, 0.5) is 0 Å². The van der Waals surface area contributed by atoms with E-state index in [1.54, 1.807) is 4.90 Å². The van der Waals surface area contributed by atoms with E-state index in [4.69, 9.17) is 4.74 Å². The molecule has 0 saturated carbocycles.